The summed E-state index contributed by atoms with van der Waals surface area (Å²) in [6, 6.07) is 8.91. The molecule has 6 heterocycles. The number of anilines is 4. The largest absolute Gasteiger partial charge is 0.462 e. The number of hydrogen-bond acceptors (Lipinski definition) is 14. The number of ether oxygens (including phenoxy) is 1. The SMILES string of the molecule is CCOC(=O)c1c(C)nc(Nc2cnn(C)c2)nc1NC1CCC(N2CCN(C(=O)C3CCC(C(=O)N4CCC(CCN5CCN(c6ccc(C7CCC(=O)NC7=O)cc6)CC5)CC4)CC3)CC2)CC1. The highest BCUT2D eigenvalue weighted by Gasteiger charge is 2.37. The Labute approximate surface area is 412 Å². The maximum Gasteiger partial charge on any atom is 0.343 e. The molecule has 18 heteroatoms. The van der Waals surface area contributed by atoms with Gasteiger partial charge in [-0.15, -0.1) is 0 Å². The van der Waals surface area contributed by atoms with Gasteiger partial charge in [0.1, 0.15) is 11.4 Å². The molecule has 378 valence electrons. The zero-order valence-corrected chi connectivity index (χ0v) is 41.6. The molecule has 9 rings (SSSR count). The Kier molecular flexibility index (Phi) is 16.0. The Hall–Kier alpha value is -5.62. The second kappa shape index (κ2) is 22.6. The predicted octanol–water partition coefficient (Wildman–Crippen LogP) is 5.08. The van der Waals surface area contributed by atoms with E-state index in [1.807, 2.05) is 25.4 Å². The fraction of sp³-hybridized carbons (Fsp3) is 0.654. The topological polar surface area (TPSA) is 190 Å². The van der Waals surface area contributed by atoms with Crippen LogP contribution in [0.3, 0.4) is 0 Å². The van der Waals surface area contributed by atoms with Crippen LogP contribution < -0.4 is 20.9 Å². The first-order valence-corrected chi connectivity index (χ1v) is 26.3. The number of rotatable bonds is 14. The van der Waals surface area contributed by atoms with E-state index in [9.17, 15) is 24.0 Å². The lowest BCUT2D eigenvalue weighted by atomic mass is 9.80. The molecule has 3 aromatic rings. The summed E-state index contributed by atoms with van der Waals surface area (Å²) in [6.45, 7) is 13.9. The van der Waals surface area contributed by atoms with E-state index in [-0.39, 0.29) is 48.1 Å². The maximum atomic E-state index is 13.8. The van der Waals surface area contributed by atoms with Crippen LogP contribution in [0.4, 0.5) is 23.1 Å². The van der Waals surface area contributed by atoms with E-state index in [1.165, 1.54) is 12.1 Å². The summed E-state index contributed by atoms with van der Waals surface area (Å²) in [7, 11) is 1.84. The molecular weight excluding hydrogens is 889 g/mol. The van der Waals surface area contributed by atoms with Gasteiger partial charge in [-0.3, -0.25) is 39.0 Å². The van der Waals surface area contributed by atoms with Crippen LogP contribution in [0.5, 0.6) is 0 Å². The lowest BCUT2D eigenvalue weighted by Gasteiger charge is -2.43. The number of piperazine rings is 2. The van der Waals surface area contributed by atoms with Crippen molar-refractivity contribution < 1.29 is 28.7 Å². The van der Waals surface area contributed by atoms with Crippen molar-refractivity contribution in [3.8, 4) is 0 Å². The summed E-state index contributed by atoms with van der Waals surface area (Å²) < 4.78 is 7.09. The number of imide groups is 1. The lowest BCUT2D eigenvalue weighted by Crippen LogP contribution is -2.54. The Balaban J connectivity index is 0.647. The molecule has 2 saturated carbocycles. The van der Waals surface area contributed by atoms with Gasteiger partial charge in [0, 0.05) is 115 Å². The quantitative estimate of drug-likeness (QED) is 0.143. The van der Waals surface area contributed by atoms with E-state index in [4.69, 9.17) is 9.72 Å². The first-order chi connectivity index (χ1) is 34.0. The first kappa shape index (κ1) is 49.4. The minimum atomic E-state index is -0.434. The summed E-state index contributed by atoms with van der Waals surface area (Å²) in [5.74, 6) is 1.08. The van der Waals surface area contributed by atoms with E-state index >= 15 is 0 Å². The minimum absolute atomic E-state index is 0.0141. The minimum Gasteiger partial charge on any atom is -0.462 e. The zero-order valence-electron chi connectivity index (χ0n) is 41.6. The molecule has 0 bridgehead atoms. The number of carbonyl (C=O) groups excluding carboxylic acids is 5. The van der Waals surface area contributed by atoms with Crippen LogP contribution in [-0.4, -0.2) is 160 Å². The van der Waals surface area contributed by atoms with Crippen LogP contribution in [-0.2, 0) is 31.0 Å². The molecule has 6 fully saturated rings. The average molecular weight is 963 g/mol. The van der Waals surface area contributed by atoms with Gasteiger partial charge in [-0.05, 0) is 121 Å². The van der Waals surface area contributed by atoms with Crippen LogP contribution in [0.1, 0.15) is 118 Å². The van der Waals surface area contributed by atoms with Crippen LogP contribution >= 0.6 is 0 Å². The summed E-state index contributed by atoms with van der Waals surface area (Å²) >= 11 is 0. The zero-order chi connectivity index (χ0) is 48.7. The lowest BCUT2D eigenvalue weighted by molar-refractivity contribution is -0.143. The number of likely N-dealkylation sites (tertiary alicyclic amines) is 1. The third-order valence-corrected chi connectivity index (χ3v) is 16.2. The van der Waals surface area contributed by atoms with Gasteiger partial charge in [-0.2, -0.15) is 10.1 Å². The van der Waals surface area contributed by atoms with Gasteiger partial charge in [-0.1, -0.05) is 12.1 Å². The van der Waals surface area contributed by atoms with Gasteiger partial charge in [0.05, 0.1) is 30.1 Å². The normalized spacial score (nSPS) is 25.4. The smallest absolute Gasteiger partial charge is 0.343 e. The van der Waals surface area contributed by atoms with Gasteiger partial charge in [0.15, 0.2) is 0 Å². The molecule has 18 nitrogen and oxygen atoms in total. The molecule has 4 amide bonds. The number of amides is 4. The van der Waals surface area contributed by atoms with Gasteiger partial charge in [0.2, 0.25) is 29.6 Å². The molecule has 1 atom stereocenters. The molecule has 70 heavy (non-hydrogen) atoms. The van der Waals surface area contributed by atoms with Crippen molar-refractivity contribution in [2.75, 3.05) is 94.1 Å². The van der Waals surface area contributed by atoms with Gasteiger partial charge < -0.3 is 30.1 Å². The summed E-state index contributed by atoms with van der Waals surface area (Å²) in [6.07, 6.45) is 14.9. The van der Waals surface area contributed by atoms with E-state index < -0.39 is 5.97 Å². The van der Waals surface area contributed by atoms with E-state index in [0.29, 0.717) is 53.7 Å². The summed E-state index contributed by atoms with van der Waals surface area (Å²) in [5, 5.41) is 13.5. The molecule has 2 aromatic heterocycles. The Morgan fingerprint density at radius 1 is 0.771 bits per heavy atom. The number of piperidine rings is 2. The van der Waals surface area contributed by atoms with Crippen molar-refractivity contribution in [1.29, 1.82) is 0 Å². The van der Waals surface area contributed by atoms with Crippen LogP contribution in [0.25, 0.3) is 0 Å². The maximum absolute atomic E-state index is 13.8. The van der Waals surface area contributed by atoms with Crippen molar-refractivity contribution in [3.05, 3.63) is 53.5 Å². The number of benzene rings is 1. The average Bonchev–Trinajstić information content (AvgIpc) is 3.79. The van der Waals surface area contributed by atoms with Crippen molar-refractivity contribution in [2.24, 2.45) is 24.8 Å². The third-order valence-electron chi connectivity index (χ3n) is 16.2. The van der Waals surface area contributed by atoms with Crippen molar-refractivity contribution in [2.45, 2.75) is 115 Å². The highest BCUT2D eigenvalue weighted by Crippen LogP contribution is 2.35. The summed E-state index contributed by atoms with van der Waals surface area (Å²) in [5.41, 5.74) is 3.82. The number of carbonyl (C=O) groups is 5. The number of nitrogens with one attached hydrogen (secondary N) is 3. The van der Waals surface area contributed by atoms with Crippen molar-refractivity contribution in [3.63, 3.8) is 0 Å². The molecule has 0 spiro atoms. The molecule has 0 radical (unpaired) electrons. The Morgan fingerprint density at radius 3 is 2.04 bits per heavy atom. The monoisotopic (exact) mass is 963 g/mol. The fourth-order valence-corrected chi connectivity index (χ4v) is 12.0. The van der Waals surface area contributed by atoms with Crippen LogP contribution in [0, 0.1) is 24.7 Å². The molecule has 1 unspecified atom stereocenters. The van der Waals surface area contributed by atoms with E-state index in [0.717, 1.165) is 147 Å². The molecule has 4 saturated heterocycles. The van der Waals surface area contributed by atoms with Crippen molar-refractivity contribution in [1.82, 2.24) is 44.7 Å². The van der Waals surface area contributed by atoms with Gasteiger partial charge in [-0.25, -0.2) is 9.78 Å². The molecule has 2 aliphatic carbocycles. The van der Waals surface area contributed by atoms with E-state index in [1.54, 1.807) is 24.7 Å². The highest BCUT2D eigenvalue weighted by molar-refractivity contribution is 6.01. The number of esters is 1. The van der Waals surface area contributed by atoms with Gasteiger partial charge >= 0.3 is 5.97 Å². The van der Waals surface area contributed by atoms with Gasteiger partial charge in [0.25, 0.3) is 0 Å². The molecule has 6 aliphatic rings. The molecule has 3 N–H and O–H groups in total. The number of aryl methyl sites for hydroxylation is 2. The number of hydrogen-bond donors (Lipinski definition) is 3. The van der Waals surface area contributed by atoms with E-state index in [2.05, 4.69) is 62.7 Å². The molecule has 4 aliphatic heterocycles. The van der Waals surface area contributed by atoms with Crippen molar-refractivity contribution >= 4 is 52.7 Å². The number of aromatic nitrogens is 4. The molecular formula is C52H74N12O6. The second-order valence-electron chi connectivity index (χ2n) is 20.6. The Morgan fingerprint density at radius 2 is 1.43 bits per heavy atom. The standard InChI is InChI=1S/C52H74N12O6/c1-4-70-51(69)46-35(2)54-52(56-41-33-53-59(3)34-41)58-47(46)55-40-11-15-43(16-12-40)62-29-31-64(32-30-62)50(68)39-7-5-38(6-8-39)49(67)63-23-20-36(21-24-63)19-22-60-25-27-61(28-26-60)42-13-9-37(10-14-42)44-17-18-45(65)57-48(44)66/h9-10,13-14,33-34,36,38-40,43-44H,4-8,11-12,15-32H2,1-3H3,(H,57,65,66)(H2,54,55,56,58). The van der Waals surface area contributed by atoms with Crippen LogP contribution in [0.15, 0.2) is 36.7 Å². The fourth-order valence-electron chi connectivity index (χ4n) is 12.0. The second-order valence-corrected chi connectivity index (χ2v) is 20.6. The predicted molar refractivity (Wildman–Crippen MR) is 267 cm³/mol. The molecule has 1 aromatic carbocycles. The highest BCUT2D eigenvalue weighted by atomic mass is 16.5. The Bertz CT molecular complexity index is 2300. The first-order valence-electron chi connectivity index (χ1n) is 26.3. The number of nitrogens with zero attached hydrogens (tertiary/aromatic N) is 9. The third kappa shape index (κ3) is 11.9. The van der Waals surface area contributed by atoms with Crippen LogP contribution in [0.2, 0.25) is 0 Å². The summed E-state index contributed by atoms with van der Waals surface area (Å²) in [4.78, 5) is 85.5.